The molecule has 2 aromatic carbocycles. The van der Waals surface area contributed by atoms with Crippen LogP contribution in [0.2, 0.25) is 0 Å². The molecule has 0 bridgehead atoms. The van der Waals surface area contributed by atoms with Gasteiger partial charge in [0.25, 0.3) is 5.91 Å². The van der Waals surface area contributed by atoms with Crippen molar-refractivity contribution in [3.8, 4) is 0 Å². The number of halogens is 2. The number of anilines is 2. The Morgan fingerprint density at radius 3 is 2.38 bits per heavy atom. The predicted molar refractivity (Wildman–Crippen MR) is 94.0 cm³/mol. The van der Waals surface area contributed by atoms with Gasteiger partial charge < -0.3 is 10.6 Å². The summed E-state index contributed by atoms with van der Waals surface area (Å²) in [5, 5.41) is 5.25. The highest BCUT2D eigenvalue weighted by Gasteiger charge is 2.14. The van der Waals surface area contributed by atoms with Crippen molar-refractivity contribution in [3.05, 3.63) is 83.2 Å². The van der Waals surface area contributed by atoms with E-state index in [0.29, 0.717) is 12.2 Å². The van der Waals surface area contributed by atoms with E-state index in [-0.39, 0.29) is 17.3 Å². The van der Waals surface area contributed by atoms with Gasteiger partial charge in [0.1, 0.15) is 23.0 Å². The lowest BCUT2D eigenvalue weighted by Crippen LogP contribution is -2.24. The minimum Gasteiger partial charge on any atom is -0.347 e. The van der Waals surface area contributed by atoms with Crippen molar-refractivity contribution in [1.29, 1.82) is 0 Å². The first-order valence-electron chi connectivity index (χ1n) is 7.92. The van der Waals surface area contributed by atoms with Gasteiger partial charge in [-0.05, 0) is 30.7 Å². The van der Waals surface area contributed by atoms with Crippen molar-refractivity contribution in [2.75, 3.05) is 5.32 Å². The lowest BCUT2D eigenvalue weighted by atomic mass is 10.2. The molecule has 0 aliphatic carbocycles. The number of carbonyl (C=O) groups is 1. The van der Waals surface area contributed by atoms with E-state index >= 15 is 0 Å². The predicted octanol–water partition coefficient (Wildman–Crippen LogP) is 3.74. The van der Waals surface area contributed by atoms with Gasteiger partial charge in [-0.25, -0.2) is 18.7 Å². The maximum absolute atomic E-state index is 13.8. The third-order valence-electron chi connectivity index (χ3n) is 3.58. The lowest BCUT2D eigenvalue weighted by Gasteiger charge is -2.10. The first-order valence-corrected chi connectivity index (χ1v) is 7.92. The van der Waals surface area contributed by atoms with Gasteiger partial charge in [-0.1, -0.05) is 36.4 Å². The van der Waals surface area contributed by atoms with Crippen LogP contribution in [-0.4, -0.2) is 15.9 Å². The molecule has 3 rings (SSSR count). The zero-order chi connectivity index (χ0) is 18.5. The molecule has 3 aromatic rings. The van der Waals surface area contributed by atoms with Gasteiger partial charge in [0, 0.05) is 12.2 Å². The van der Waals surface area contributed by atoms with Gasteiger partial charge in [-0.2, -0.15) is 0 Å². The molecule has 2 N–H and O–H groups in total. The summed E-state index contributed by atoms with van der Waals surface area (Å²) in [6, 6.07) is 14.4. The second kappa shape index (κ2) is 7.69. The Labute approximate surface area is 149 Å². The monoisotopic (exact) mass is 354 g/mol. The van der Waals surface area contributed by atoms with E-state index in [2.05, 4.69) is 20.6 Å². The van der Waals surface area contributed by atoms with Gasteiger partial charge in [0.2, 0.25) is 5.95 Å². The zero-order valence-corrected chi connectivity index (χ0v) is 14.0. The topological polar surface area (TPSA) is 66.9 Å². The van der Waals surface area contributed by atoms with Gasteiger partial charge in [-0.3, -0.25) is 4.79 Å². The fraction of sp³-hybridized carbons (Fsp3) is 0.105. The van der Waals surface area contributed by atoms with Crippen molar-refractivity contribution in [2.45, 2.75) is 13.5 Å². The molecule has 0 saturated carbocycles. The average Bonchev–Trinajstić information content (AvgIpc) is 2.63. The fourth-order valence-electron chi connectivity index (χ4n) is 2.34. The van der Waals surface area contributed by atoms with Gasteiger partial charge in [0.15, 0.2) is 0 Å². The summed E-state index contributed by atoms with van der Waals surface area (Å²) in [6.07, 6.45) is 0. The van der Waals surface area contributed by atoms with Crippen LogP contribution in [0, 0.1) is 18.6 Å². The lowest BCUT2D eigenvalue weighted by molar-refractivity contribution is 0.0945. The van der Waals surface area contributed by atoms with Crippen LogP contribution in [0.5, 0.6) is 0 Å². The maximum atomic E-state index is 13.8. The van der Waals surface area contributed by atoms with E-state index in [0.717, 1.165) is 17.7 Å². The number of aryl methyl sites for hydroxylation is 1. The Kier molecular flexibility index (Phi) is 5.17. The van der Waals surface area contributed by atoms with Gasteiger partial charge in [0.05, 0.1) is 0 Å². The standard InChI is InChI=1S/C19H16F2N4O/c1-12-10-16(18(26)22-11-13-6-3-2-4-7-13)24-19(23-12)25-17-14(20)8-5-9-15(17)21/h2-10H,11H2,1H3,(H,22,26)(H,23,24,25). The van der Waals surface area contributed by atoms with E-state index in [1.165, 1.54) is 12.1 Å². The molecule has 7 heteroatoms. The van der Waals surface area contributed by atoms with E-state index in [1.54, 1.807) is 6.92 Å². The molecule has 5 nitrogen and oxygen atoms in total. The smallest absolute Gasteiger partial charge is 0.270 e. The van der Waals surface area contributed by atoms with E-state index < -0.39 is 17.5 Å². The molecule has 0 aliphatic rings. The fourth-order valence-corrected chi connectivity index (χ4v) is 2.34. The molecule has 0 spiro atoms. The zero-order valence-electron chi connectivity index (χ0n) is 14.0. The molecular formula is C19H16F2N4O. The Morgan fingerprint density at radius 1 is 1.00 bits per heavy atom. The van der Waals surface area contributed by atoms with Crippen LogP contribution in [0.25, 0.3) is 0 Å². The molecule has 132 valence electrons. The van der Waals surface area contributed by atoms with Crippen LogP contribution in [-0.2, 0) is 6.54 Å². The summed E-state index contributed by atoms with van der Waals surface area (Å²) in [5.41, 5.74) is 1.17. The maximum Gasteiger partial charge on any atom is 0.270 e. The normalized spacial score (nSPS) is 10.4. The number of hydrogen-bond acceptors (Lipinski definition) is 4. The van der Waals surface area contributed by atoms with Crippen molar-refractivity contribution in [1.82, 2.24) is 15.3 Å². The summed E-state index contributed by atoms with van der Waals surface area (Å²) in [4.78, 5) is 20.5. The minimum atomic E-state index is -0.773. The van der Waals surface area contributed by atoms with E-state index in [1.807, 2.05) is 30.3 Å². The number of amides is 1. The number of hydrogen-bond donors (Lipinski definition) is 2. The second-order valence-corrected chi connectivity index (χ2v) is 5.61. The number of carbonyl (C=O) groups excluding carboxylic acids is 1. The van der Waals surface area contributed by atoms with E-state index in [9.17, 15) is 13.6 Å². The van der Waals surface area contributed by atoms with Crippen LogP contribution in [0.1, 0.15) is 21.7 Å². The average molecular weight is 354 g/mol. The first-order chi connectivity index (χ1) is 12.5. The summed E-state index contributed by atoms with van der Waals surface area (Å²) in [7, 11) is 0. The largest absolute Gasteiger partial charge is 0.347 e. The van der Waals surface area contributed by atoms with Crippen molar-refractivity contribution in [3.63, 3.8) is 0 Å². The Balaban J connectivity index is 1.78. The molecule has 0 fully saturated rings. The molecule has 1 heterocycles. The van der Waals surface area contributed by atoms with Gasteiger partial charge in [-0.15, -0.1) is 0 Å². The summed E-state index contributed by atoms with van der Waals surface area (Å²) in [5.74, 6) is -2.01. The molecule has 0 unspecified atom stereocenters. The van der Waals surface area contributed by atoms with Crippen molar-refractivity contribution < 1.29 is 13.6 Å². The summed E-state index contributed by atoms with van der Waals surface area (Å²) < 4.78 is 27.5. The quantitative estimate of drug-likeness (QED) is 0.733. The highest BCUT2D eigenvalue weighted by atomic mass is 19.1. The third kappa shape index (κ3) is 4.18. The van der Waals surface area contributed by atoms with Gasteiger partial charge >= 0.3 is 0 Å². The number of nitrogens with zero attached hydrogens (tertiary/aromatic N) is 2. The molecule has 26 heavy (non-hydrogen) atoms. The molecule has 0 saturated heterocycles. The first kappa shape index (κ1) is 17.5. The Morgan fingerprint density at radius 2 is 1.69 bits per heavy atom. The molecule has 0 aliphatic heterocycles. The SMILES string of the molecule is Cc1cc(C(=O)NCc2ccccc2)nc(Nc2c(F)cccc2F)n1. The number of rotatable bonds is 5. The number of para-hydroxylation sites is 1. The number of nitrogens with one attached hydrogen (secondary N) is 2. The third-order valence-corrected chi connectivity index (χ3v) is 3.58. The molecule has 0 atom stereocenters. The molecule has 1 amide bonds. The van der Waals surface area contributed by atoms with Crippen LogP contribution in [0.3, 0.4) is 0 Å². The highest BCUT2D eigenvalue weighted by molar-refractivity contribution is 5.92. The summed E-state index contributed by atoms with van der Waals surface area (Å²) in [6.45, 7) is 2.01. The molecule has 1 aromatic heterocycles. The Bertz CT molecular complexity index is 912. The number of benzene rings is 2. The van der Waals surface area contributed by atoms with Crippen molar-refractivity contribution >= 4 is 17.5 Å². The highest BCUT2D eigenvalue weighted by Crippen LogP contribution is 2.21. The van der Waals surface area contributed by atoms with Crippen LogP contribution in [0.4, 0.5) is 20.4 Å². The van der Waals surface area contributed by atoms with Crippen LogP contribution in [0.15, 0.2) is 54.6 Å². The molecular weight excluding hydrogens is 338 g/mol. The summed E-state index contributed by atoms with van der Waals surface area (Å²) >= 11 is 0. The molecule has 0 radical (unpaired) electrons. The minimum absolute atomic E-state index is 0.0566. The Hall–Kier alpha value is -3.35. The number of aromatic nitrogens is 2. The van der Waals surface area contributed by atoms with Crippen LogP contribution >= 0.6 is 0 Å². The van der Waals surface area contributed by atoms with Crippen LogP contribution < -0.4 is 10.6 Å². The van der Waals surface area contributed by atoms with Crippen molar-refractivity contribution in [2.24, 2.45) is 0 Å². The second-order valence-electron chi connectivity index (χ2n) is 5.61. The van der Waals surface area contributed by atoms with E-state index in [4.69, 9.17) is 0 Å².